The largest absolute Gasteiger partial charge is 0.508 e. The van der Waals surface area contributed by atoms with Gasteiger partial charge < -0.3 is 5.11 Å². The number of benzene rings is 1. The van der Waals surface area contributed by atoms with Gasteiger partial charge in [-0.25, -0.2) is 0 Å². The van der Waals surface area contributed by atoms with Crippen LogP contribution in [0.15, 0.2) is 24.8 Å². The zero-order chi connectivity index (χ0) is 19.4. The molecule has 2 atom stereocenters. The van der Waals surface area contributed by atoms with Crippen molar-refractivity contribution in [2.75, 3.05) is 0 Å². The van der Waals surface area contributed by atoms with E-state index in [9.17, 15) is 5.11 Å². The molecule has 0 saturated heterocycles. The first kappa shape index (κ1) is 22.8. The van der Waals surface area contributed by atoms with Gasteiger partial charge in [-0.15, -0.1) is 6.58 Å². The van der Waals surface area contributed by atoms with Gasteiger partial charge in [-0.05, 0) is 53.9 Å². The standard InChI is InChI=1S/C25H42O/c1-6-11-14-20(9-4)16-23-19-25(26)24(18-22(23)13-8-3)17-21(10-5)15-12-7-2/h8,18-21,26H,3,6-7,9-17H2,1-2,4-5H3. The van der Waals surface area contributed by atoms with Crippen molar-refractivity contribution in [2.24, 2.45) is 11.8 Å². The molecule has 0 heterocycles. The van der Waals surface area contributed by atoms with Gasteiger partial charge in [0.15, 0.2) is 0 Å². The second-order valence-corrected chi connectivity index (χ2v) is 7.98. The fraction of sp³-hybridized carbons (Fsp3) is 0.680. The lowest BCUT2D eigenvalue weighted by atomic mass is 9.86. The lowest BCUT2D eigenvalue weighted by molar-refractivity contribution is 0.423. The van der Waals surface area contributed by atoms with Crippen LogP contribution in [0.4, 0.5) is 0 Å². The van der Waals surface area contributed by atoms with Crippen LogP contribution in [0.3, 0.4) is 0 Å². The monoisotopic (exact) mass is 358 g/mol. The van der Waals surface area contributed by atoms with Gasteiger partial charge in [-0.3, -0.25) is 0 Å². The van der Waals surface area contributed by atoms with Crippen LogP contribution < -0.4 is 0 Å². The molecule has 1 heteroatoms. The Labute approximate surface area is 162 Å². The van der Waals surface area contributed by atoms with Crippen molar-refractivity contribution >= 4 is 0 Å². The van der Waals surface area contributed by atoms with Crippen molar-refractivity contribution in [2.45, 2.75) is 98.3 Å². The molecule has 1 rings (SSSR count). The summed E-state index contributed by atoms with van der Waals surface area (Å²) in [6, 6.07) is 4.34. The summed E-state index contributed by atoms with van der Waals surface area (Å²) >= 11 is 0. The fourth-order valence-corrected chi connectivity index (χ4v) is 3.94. The molecule has 1 nitrogen and oxygen atoms in total. The van der Waals surface area contributed by atoms with E-state index in [0.717, 1.165) is 30.7 Å². The summed E-state index contributed by atoms with van der Waals surface area (Å²) in [6.07, 6.45) is 15.0. The van der Waals surface area contributed by atoms with E-state index in [0.29, 0.717) is 11.7 Å². The minimum Gasteiger partial charge on any atom is -0.508 e. The van der Waals surface area contributed by atoms with E-state index < -0.39 is 0 Å². The van der Waals surface area contributed by atoms with E-state index in [1.807, 2.05) is 6.08 Å². The molecule has 1 aromatic carbocycles. The van der Waals surface area contributed by atoms with E-state index >= 15 is 0 Å². The number of phenols is 1. The number of aromatic hydroxyl groups is 1. The van der Waals surface area contributed by atoms with Gasteiger partial charge in [0.05, 0.1) is 0 Å². The summed E-state index contributed by atoms with van der Waals surface area (Å²) in [5.41, 5.74) is 3.83. The topological polar surface area (TPSA) is 20.2 Å². The van der Waals surface area contributed by atoms with Gasteiger partial charge in [-0.1, -0.05) is 91.2 Å². The number of phenolic OH excluding ortho intramolecular Hbond substituents is 1. The molecule has 0 radical (unpaired) electrons. The molecule has 0 saturated carbocycles. The molecular weight excluding hydrogens is 316 g/mol. The summed E-state index contributed by atoms with van der Waals surface area (Å²) < 4.78 is 0. The third-order valence-electron chi connectivity index (χ3n) is 5.87. The SMILES string of the molecule is C=CCc1cc(CC(CC)CCCC)c(O)cc1CC(CC)CCCC. The van der Waals surface area contributed by atoms with Crippen LogP contribution in [0.5, 0.6) is 5.75 Å². The number of hydrogen-bond donors (Lipinski definition) is 1. The number of unbranched alkanes of at least 4 members (excludes halogenated alkanes) is 2. The lowest BCUT2D eigenvalue weighted by Crippen LogP contribution is -2.08. The maximum atomic E-state index is 10.7. The lowest BCUT2D eigenvalue weighted by Gasteiger charge is -2.20. The second kappa shape index (κ2) is 13.0. The van der Waals surface area contributed by atoms with E-state index in [-0.39, 0.29) is 0 Å². The Kier molecular flexibility index (Phi) is 11.4. The molecule has 0 amide bonds. The van der Waals surface area contributed by atoms with Crippen LogP contribution >= 0.6 is 0 Å². The third-order valence-corrected chi connectivity index (χ3v) is 5.87. The normalized spacial score (nSPS) is 13.5. The van der Waals surface area contributed by atoms with Gasteiger partial charge in [-0.2, -0.15) is 0 Å². The summed E-state index contributed by atoms with van der Waals surface area (Å²) in [6.45, 7) is 13.0. The molecule has 0 spiro atoms. The molecule has 0 aromatic heterocycles. The molecule has 148 valence electrons. The van der Waals surface area contributed by atoms with E-state index in [2.05, 4.69) is 46.4 Å². The Morgan fingerprint density at radius 2 is 1.38 bits per heavy atom. The van der Waals surface area contributed by atoms with Crippen LogP contribution in [0, 0.1) is 11.8 Å². The molecule has 0 aliphatic heterocycles. The molecule has 0 aliphatic carbocycles. The van der Waals surface area contributed by atoms with Gasteiger partial charge in [0.25, 0.3) is 0 Å². The first-order chi connectivity index (χ1) is 12.6. The smallest absolute Gasteiger partial charge is 0.119 e. The van der Waals surface area contributed by atoms with Crippen LogP contribution in [0.1, 0.15) is 95.8 Å². The van der Waals surface area contributed by atoms with Crippen LogP contribution in [-0.2, 0) is 19.3 Å². The molecule has 1 N–H and O–H groups in total. The summed E-state index contributed by atoms with van der Waals surface area (Å²) in [5, 5.41) is 10.7. The average molecular weight is 359 g/mol. The van der Waals surface area contributed by atoms with E-state index in [1.165, 1.54) is 62.5 Å². The number of hydrogen-bond acceptors (Lipinski definition) is 1. The highest BCUT2D eigenvalue weighted by Crippen LogP contribution is 2.30. The molecule has 0 fully saturated rings. The van der Waals surface area contributed by atoms with Crippen molar-refractivity contribution in [3.63, 3.8) is 0 Å². The summed E-state index contributed by atoms with van der Waals surface area (Å²) in [7, 11) is 0. The minimum atomic E-state index is 0.508. The first-order valence-electron chi connectivity index (χ1n) is 11.0. The highest BCUT2D eigenvalue weighted by Gasteiger charge is 2.16. The van der Waals surface area contributed by atoms with Crippen LogP contribution in [-0.4, -0.2) is 5.11 Å². The zero-order valence-corrected chi connectivity index (χ0v) is 17.8. The Balaban J connectivity index is 2.99. The molecule has 2 unspecified atom stereocenters. The summed E-state index contributed by atoms with van der Waals surface area (Å²) in [5.74, 6) is 1.90. The Bertz CT molecular complexity index is 517. The molecule has 1 aromatic rings. The van der Waals surface area contributed by atoms with Crippen molar-refractivity contribution in [3.8, 4) is 5.75 Å². The molecule has 0 bridgehead atoms. The second-order valence-electron chi connectivity index (χ2n) is 7.98. The Hall–Kier alpha value is -1.24. The number of allylic oxidation sites excluding steroid dienone is 1. The molecule has 0 aliphatic rings. The van der Waals surface area contributed by atoms with Crippen molar-refractivity contribution in [1.82, 2.24) is 0 Å². The zero-order valence-electron chi connectivity index (χ0n) is 17.8. The number of rotatable bonds is 14. The molecule has 26 heavy (non-hydrogen) atoms. The highest BCUT2D eigenvalue weighted by atomic mass is 16.3. The van der Waals surface area contributed by atoms with Crippen molar-refractivity contribution in [1.29, 1.82) is 0 Å². The maximum absolute atomic E-state index is 10.7. The maximum Gasteiger partial charge on any atom is 0.119 e. The van der Waals surface area contributed by atoms with Crippen molar-refractivity contribution < 1.29 is 5.11 Å². The fourth-order valence-electron chi connectivity index (χ4n) is 3.94. The predicted molar refractivity (Wildman–Crippen MR) is 116 cm³/mol. The van der Waals surface area contributed by atoms with E-state index in [4.69, 9.17) is 0 Å². The minimum absolute atomic E-state index is 0.508. The van der Waals surface area contributed by atoms with Crippen molar-refractivity contribution in [3.05, 3.63) is 41.5 Å². The highest BCUT2D eigenvalue weighted by molar-refractivity contribution is 5.43. The molecular formula is C25H42O. The quantitative estimate of drug-likeness (QED) is 0.339. The first-order valence-corrected chi connectivity index (χ1v) is 11.0. The van der Waals surface area contributed by atoms with Gasteiger partial charge >= 0.3 is 0 Å². The van der Waals surface area contributed by atoms with Gasteiger partial charge in [0.1, 0.15) is 5.75 Å². The van der Waals surface area contributed by atoms with Gasteiger partial charge in [0, 0.05) is 0 Å². The van der Waals surface area contributed by atoms with Crippen LogP contribution in [0.25, 0.3) is 0 Å². The Morgan fingerprint density at radius 3 is 1.85 bits per heavy atom. The van der Waals surface area contributed by atoms with Crippen LogP contribution in [0.2, 0.25) is 0 Å². The van der Waals surface area contributed by atoms with Gasteiger partial charge in [0.2, 0.25) is 0 Å². The van der Waals surface area contributed by atoms with E-state index in [1.54, 1.807) is 0 Å². The summed E-state index contributed by atoms with van der Waals surface area (Å²) in [4.78, 5) is 0. The average Bonchev–Trinajstić information content (AvgIpc) is 2.65. The third kappa shape index (κ3) is 7.56. The Morgan fingerprint density at radius 1 is 0.846 bits per heavy atom. The predicted octanol–water partition coefficient (Wildman–Crippen LogP) is 7.64.